The number of unbranched alkanes of at least 4 members (excludes halogenated alkanes) is 1. The molecule has 0 aliphatic carbocycles. The molecule has 150 valence electrons. The molecular weight excluding hydrogens is 364 g/mol. The molecular formula is C23H26N4O2. The van der Waals surface area contributed by atoms with Gasteiger partial charge in [0, 0.05) is 6.42 Å². The summed E-state index contributed by atoms with van der Waals surface area (Å²) >= 11 is 0. The van der Waals surface area contributed by atoms with Crippen molar-refractivity contribution in [2.45, 2.75) is 44.7 Å². The molecule has 0 saturated heterocycles. The predicted octanol–water partition coefficient (Wildman–Crippen LogP) is 4.54. The van der Waals surface area contributed by atoms with Gasteiger partial charge < -0.3 is 4.74 Å². The summed E-state index contributed by atoms with van der Waals surface area (Å²) in [5.41, 5.74) is 2.24. The molecule has 2 heterocycles. The Morgan fingerprint density at radius 3 is 2.48 bits per heavy atom. The first-order valence-electron chi connectivity index (χ1n) is 10.1. The molecule has 6 heteroatoms. The first-order chi connectivity index (χ1) is 14.2. The Hall–Kier alpha value is -3.15. The fourth-order valence-electron chi connectivity index (χ4n) is 3.99. The Kier molecular flexibility index (Phi) is 5.60. The van der Waals surface area contributed by atoms with Crippen molar-refractivity contribution in [3.63, 3.8) is 0 Å². The Morgan fingerprint density at radius 2 is 1.79 bits per heavy atom. The highest BCUT2D eigenvalue weighted by molar-refractivity contribution is 5.92. The summed E-state index contributed by atoms with van der Waals surface area (Å²) in [7, 11) is 1.66. The molecule has 1 aromatic heterocycles. The number of methoxy groups -OCH3 is 1. The van der Waals surface area contributed by atoms with Crippen molar-refractivity contribution in [1.82, 2.24) is 14.8 Å². The SMILES string of the molecule is CCCCC(=O)N1c2ncnn2[C@@H](c2ccc(OC)cc2)C[C@@H]1c1ccccc1. The molecule has 0 saturated carbocycles. The standard InChI is InChI=1S/C23H26N4O2/c1-3-4-10-22(28)26-20(17-8-6-5-7-9-17)15-21(27-23(26)24-16-25-27)18-11-13-19(29-2)14-12-18/h5-9,11-14,16,20-21H,3-4,10,15H2,1-2H3/t20-,21-/m1/s1. The van der Waals surface area contributed by atoms with Crippen LogP contribution < -0.4 is 9.64 Å². The molecule has 0 radical (unpaired) electrons. The van der Waals surface area contributed by atoms with Gasteiger partial charge >= 0.3 is 0 Å². The second-order valence-electron chi connectivity index (χ2n) is 7.32. The molecule has 2 aromatic carbocycles. The van der Waals surface area contributed by atoms with E-state index in [4.69, 9.17) is 4.74 Å². The van der Waals surface area contributed by atoms with Crippen LogP contribution in [0.2, 0.25) is 0 Å². The van der Waals surface area contributed by atoms with Crippen molar-refractivity contribution in [3.05, 3.63) is 72.1 Å². The van der Waals surface area contributed by atoms with Gasteiger partial charge in [-0.1, -0.05) is 55.8 Å². The zero-order chi connectivity index (χ0) is 20.2. The largest absolute Gasteiger partial charge is 0.497 e. The van der Waals surface area contributed by atoms with Gasteiger partial charge in [0.1, 0.15) is 12.1 Å². The van der Waals surface area contributed by atoms with Crippen LogP contribution in [-0.4, -0.2) is 27.8 Å². The van der Waals surface area contributed by atoms with E-state index < -0.39 is 0 Å². The maximum Gasteiger partial charge on any atom is 0.231 e. The van der Waals surface area contributed by atoms with Crippen molar-refractivity contribution in [1.29, 1.82) is 0 Å². The molecule has 0 spiro atoms. The smallest absolute Gasteiger partial charge is 0.231 e. The predicted molar refractivity (Wildman–Crippen MR) is 112 cm³/mol. The summed E-state index contributed by atoms with van der Waals surface area (Å²) in [6.07, 6.45) is 4.65. The maximum absolute atomic E-state index is 13.2. The molecule has 1 aliphatic heterocycles. The normalized spacial score (nSPS) is 18.3. The van der Waals surface area contributed by atoms with Gasteiger partial charge in [0.05, 0.1) is 19.2 Å². The second-order valence-corrected chi connectivity index (χ2v) is 7.32. The molecule has 0 fully saturated rings. The topological polar surface area (TPSA) is 60.2 Å². The monoisotopic (exact) mass is 390 g/mol. The van der Waals surface area contributed by atoms with E-state index >= 15 is 0 Å². The molecule has 0 N–H and O–H groups in total. The molecule has 6 nitrogen and oxygen atoms in total. The van der Waals surface area contributed by atoms with E-state index in [1.807, 2.05) is 39.9 Å². The second kappa shape index (κ2) is 8.47. The summed E-state index contributed by atoms with van der Waals surface area (Å²) in [6.45, 7) is 2.10. The third-order valence-corrected chi connectivity index (χ3v) is 5.52. The van der Waals surface area contributed by atoms with Crippen molar-refractivity contribution in [2.24, 2.45) is 0 Å². The van der Waals surface area contributed by atoms with Gasteiger partial charge in [0.25, 0.3) is 0 Å². The number of anilines is 1. The van der Waals surface area contributed by atoms with Crippen LogP contribution in [0.25, 0.3) is 0 Å². The van der Waals surface area contributed by atoms with Gasteiger partial charge in [0.15, 0.2) is 0 Å². The van der Waals surface area contributed by atoms with Gasteiger partial charge in [-0.15, -0.1) is 0 Å². The molecule has 0 unspecified atom stereocenters. The Labute approximate surface area is 171 Å². The van der Waals surface area contributed by atoms with Crippen LogP contribution in [0.15, 0.2) is 60.9 Å². The fourth-order valence-corrected chi connectivity index (χ4v) is 3.99. The Morgan fingerprint density at radius 1 is 1.07 bits per heavy atom. The summed E-state index contributed by atoms with van der Waals surface area (Å²) in [5, 5.41) is 4.48. The van der Waals surface area contributed by atoms with E-state index in [0.29, 0.717) is 12.4 Å². The van der Waals surface area contributed by atoms with E-state index in [2.05, 4.69) is 41.3 Å². The molecule has 1 amide bonds. The lowest BCUT2D eigenvalue weighted by atomic mass is 9.91. The van der Waals surface area contributed by atoms with E-state index in [1.54, 1.807) is 13.4 Å². The van der Waals surface area contributed by atoms with Crippen LogP contribution in [0.4, 0.5) is 5.95 Å². The first-order valence-corrected chi connectivity index (χ1v) is 10.1. The Balaban J connectivity index is 1.77. The molecule has 3 aromatic rings. The molecule has 1 aliphatic rings. The highest BCUT2D eigenvalue weighted by atomic mass is 16.5. The summed E-state index contributed by atoms with van der Waals surface area (Å²) in [5.74, 6) is 1.54. The van der Waals surface area contributed by atoms with Gasteiger partial charge in [0.2, 0.25) is 11.9 Å². The van der Waals surface area contributed by atoms with Crippen LogP contribution in [-0.2, 0) is 4.79 Å². The van der Waals surface area contributed by atoms with E-state index in [9.17, 15) is 4.79 Å². The zero-order valence-corrected chi connectivity index (χ0v) is 16.9. The maximum atomic E-state index is 13.2. The van der Waals surface area contributed by atoms with E-state index in [0.717, 1.165) is 36.1 Å². The zero-order valence-electron chi connectivity index (χ0n) is 16.9. The minimum absolute atomic E-state index is 0.00108. The number of carbonyl (C=O) groups excluding carboxylic acids is 1. The minimum atomic E-state index is -0.0793. The number of rotatable bonds is 6. The average molecular weight is 390 g/mol. The third kappa shape index (κ3) is 3.75. The first kappa shape index (κ1) is 19.2. The number of benzene rings is 2. The van der Waals surface area contributed by atoms with Crippen LogP contribution in [0.1, 0.15) is 55.8 Å². The van der Waals surface area contributed by atoms with Gasteiger partial charge in [-0.25, -0.2) is 4.68 Å². The Bertz CT molecular complexity index is 953. The lowest BCUT2D eigenvalue weighted by Gasteiger charge is -2.39. The van der Waals surface area contributed by atoms with Crippen molar-refractivity contribution in [2.75, 3.05) is 12.0 Å². The van der Waals surface area contributed by atoms with Gasteiger partial charge in [-0.2, -0.15) is 10.1 Å². The van der Waals surface area contributed by atoms with Crippen LogP contribution >= 0.6 is 0 Å². The van der Waals surface area contributed by atoms with E-state index in [1.165, 1.54) is 0 Å². The fraction of sp³-hybridized carbons (Fsp3) is 0.348. The molecule has 0 bridgehead atoms. The van der Waals surface area contributed by atoms with Gasteiger partial charge in [-0.05, 0) is 36.1 Å². The summed E-state index contributed by atoms with van der Waals surface area (Å²) < 4.78 is 7.18. The van der Waals surface area contributed by atoms with Gasteiger partial charge in [-0.3, -0.25) is 9.69 Å². The average Bonchev–Trinajstić information content (AvgIpc) is 3.26. The van der Waals surface area contributed by atoms with Crippen molar-refractivity contribution < 1.29 is 9.53 Å². The number of amides is 1. The molecule has 4 rings (SSSR count). The number of hydrogen-bond acceptors (Lipinski definition) is 4. The number of carbonyl (C=O) groups is 1. The van der Waals surface area contributed by atoms with Crippen molar-refractivity contribution >= 4 is 11.9 Å². The number of ether oxygens (including phenoxy) is 1. The third-order valence-electron chi connectivity index (χ3n) is 5.52. The minimum Gasteiger partial charge on any atom is -0.497 e. The number of nitrogens with zero attached hydrogens (tertiary/aromatic N) is 4. The highest BCUT2D eigenvalue weighted by Crippen LogP contribution is 2.42. The van der Waals surface area contributed by atoms with E-state index in [-0.39, 0.29) is 18.0 Å². The molecule has 29 heavy (non-hydrogen) atoms. The number of fused-ring (bicyclic) bond motifs is 1. The lowest BCUT2D eigenvalue weighted by Crippen LogP contribution is -2.42. The summed E-state index contributed by atoms with van der Waals surface area (Å²) in [6, 6.07) is 18.2. The number of aromatic nitrogens is 3. The lowest BCUT2D eigenvalue weighted by molar-refractivity contribution is -0.119. The van der Waals surface area contributed by atoms with Crippen LogP contribution in [0.3, 0.4) is 0 Å². The van der Waals surface area contributed by atoms with Crippen LogP contribution in [0.5, 0.6) is 5.75 Å². The molecule has 2 atom stereocenters. The number of hydrogen-bond donors (Lipinski definition) is 0. The van der Waals surface area contributed by atoms with Crippen molar-refractivity contribution in [3.8, 4) is 5.75 Å². The van der Waals surface area contributed by atoms with Crippen LogP contribution in [0, 0.1) is 0 Å². The summed E-state index contributed by atoms with van der Waals surface area (Å²) in [4.78, 5) is 19.5. The highest BCUT2D eigenvalue weighted by Gasteiger charge is 2.38. The quantitative estimate of drug-likeness (QED) is 0.620.